The third-order valence-corrected chi connectivity index (χ3v) is 3.38. The number of rotatable bonds is 3. The maximum atomic E-state index is 12.2. The van der Waals surface area contributed by atoms with Crippen LogP contribution in [0.1, 0.15) is 22.8 Å². The lowest BCUT2D eigenvalue weighted by atomic mass is 10.1. The molecule has 0 saturated carbocycles. The Morgan fingerprint density at radius 2 is 1.89 bits per heavy atom. The van der Waals surface area contributed by atoms with Gasteiger partial charge in [-0.3, -0.25) is 4.79 Å². The molecule has 0 spiro atoms. The maximum Gasteiger partial charge on any atom is 0.257 e. The average molecular weight is 294 g/mol. The Morgan fingerprint density at radius 1 is 1.16 bits per heavy atom. The molecule has 0 aliphatic carbocycles. The number of aryl methyl sites for hydroxylation is 1. The van der Waals surface area contributed by atoms with Crippen LogP contribution >= 0.6 is 23.2 Å². The van der Waals surface area contributed by atoms with E-state index in [0.717, 1.165) is 17.7 Å². The number of amides is 1. The second-order valence-electron chi connectivity index (χ2n) is 4.09. The topological polar surface area (TPSA) is 29.1 Å². The molecular weight excluding hydrogens is 281 g/mol. The van der Waals surface area contributed by atoms with Crippen molar-refractivity contribution < 1.29 is 4.79 Å². The molecule has 98 valence electrons. The van der Waals surface area contributed by atoms with E-state index in [2.05, 4.69) is 5.32 Å². The highest BCUT2D eigenvalue weighted by Gasteiger charge is 2.12. The monoisotopic (exact) mass is 293 g/mol. The minimum Gasteiger partial charge on any atom is -0.322 e. The van der Waals surface area contributed by atoms with E-state index in [-0.39, 0.29) is 5.91 Å². The molecule has 1 amide bonds. The minimum atomic E-state index is -0.256. The van der Waals surface area contributed by atoms with Crippen LogP contribution in [0, 0.1) is 0 Å². The summed E-state index contributed by atoms with van der Waals surface area (Å²) in [6.07, 6.45) is 0.847. The van der Waals surface area contributed by atoms with Gasteiger partial charge in [0.1, 0.15) is 0 Å². The molecule has 2 nitrogen and oxygen atoms in total. The third kappa shape index (κ3) is 3.28. The van der Waals surface area contributed by atoms with Crippen molar-refractivity contribution in [2.75, 3.05) is 5.32 Å². The van der Waals surface area contributed by atoms with Gasteiger partial charge in [0, 0.05) is 10.7 Å². The highest BCUT2D eigenvalue weighted by Crippen LogP contribution is 2.23. The first-order chi connectivity index (χ1) is 9.11. The number of hydrogen-bond donors (Lipinski definition) is 1. The lowest BCUT2D eigenvalue weighted by Gasteiger charge is -2.10. The summed E-state index contributed by atoms with van der Waals surface area (Å²) in [6.45, 7) is 2.04. The molecule has 0 radical (unpaired) electrons. The van der Waals surface area contributed by atoms with E-state index < -0.39 is 0 Å². The molecule has 2 rings (SSSR count). The average Bonchev–Trinajstić information content (AvgIpc) is 2.42. The fourth-order valence-corrected chi connectivity index (χ4v) is 2.19. The van der Waals surface area contributed by atoms with Crippen LogP contribution in [0.3, 0.4) is 0 Å². The van der Waals surface area contributed by atoms with Crippen LogP contribution in [0.5, 0.6) is 0 Å². The predicted molar refractivity (Wildman–Crippen MR) is 80.2 cm³/mol. The van der Waals surface area contributed by atoms with Gasteiger partial charge in [0.25, 0.3) is 5.91 Å². The van der Waals surface area contributed by atoms with Crippen molar-refractivity contribution >= 4 is 34.8 Å². The molecule has 0 aliphatic rings. The quantitative estimate of drug-likeness (QED) is 0.865. The lowest BCUT2D eigenvalue weighted by Crippen LogP contribution is -2.13. The number of carbonyl (C=O) groups excluding carboxylic acids is 1. The second kappa shape index (κ2) is 6.09. The van der Waals surface area contributed by atoms with Gasteiger partial charge in [0.15, 0.2) is 0 Å². The number of hydrogen-bond acceptors (Lipinski definition) is 1. The summed E-state index contributed by atoms with van der Waals surface area (Å²) in [5, 5.41) is 3.73. The molecule has 2 aromatic rings. The van der Waals surface area contributed by atoms with Gasteiger partial charge < -0.3 is 5.32 Å². The van der Waals surface area contributed by atoms with Gasteiger partial charge >= 0.3 is 0 Å². The molecule has 1 N–H and O–H groups in total. The Morgan fingerprint density at radius 3 is 2.63 bits per heavy atom. The summed E-state index contributed by atoms with van der Waals surface area (Å²) in [5.74, 6) is -0.256. The Balaban J connectivity index is 2.28. The van der Waals surface area contributed by atoms with E-state index in [0.29, 0.717) is 15.6 Å². The molecule has 0 bridgehead atoms. The number of para-hydroxylation sites is 1. The van der Waals surface area contributed by atoms with Crippen molar-refractivity contribution in [2.24, 2.45) is 0 Å². The molecule has 0 unspecified atom stereocenters. The Hall–Kier alpha value is -1.51. The van der Waals surface area contributed by atoms with E-state index in [4.69, 9.17) is 23.2 Å². The third-order valence-electron chi connectivity index (χ3n) is 2.82. The van der Waals surface area contributed by atoms with Crippen LogP contribution in [0.2, 0.25) is 10.0 Å². The molecule has 0 fully saturated rings. The van der Waals surface area contributed by atoms with Gasteiger partial charge in [-0.15, -0.1) is 0 Å². The second-order valence-corrected chi connectivity index (χ2v) is 4.93. The van der Waals surface area contributed by atoms with E-state index in [1.807, 2.05) is 31.2 Å². The molecule has 0 aliphatic heterocycles. The molecule has 0 aromatic heterocycles. The van der Waals surface area contributed by atoms with Crippen molar-refractivity contribution in [1.82, 2.24) is 0 Å². The first-order valence-corrected chi connectivity index (χ1v) is 6.71. The van der Waals surface area contributed by atoms with Crippen molar-refractivity contribution in [1.29, 1.82) is 0 Å². The van der Waals surface area contributed by atoms with E-state index in [9.17, 15) is 4.79 Å². The van der Waals surface area contributed by atoms with Gasteiger partial charge in [0.2, 0.25) is 0 Å². The zero-order valence-electron chi connectivity index (χ0n) is 10.4. The summed E-state index contributed by atoms with van der Waals surface area (Å²) in [4.78, 5) is 12.2. The highest BCUT2D eigenvalue weighted by atomic mass is 35.5. The van der Waals surface area contributed by atoms with Gasteiger partial charge in [-0.2, -0.15) is 0 Å². The van der Waals surface area contributed by atoms with Crippen LogP contribution in [-0.4, -0.2) is 5.91 Å². The molecule has 19 heavy (non-hydrogen) atoms. The summed E-state index contributed by atoms with van der Waals surface area (Å²) < 4.78 is 0. The van der Waals surface area contributed by atoms with E-state index in [1.165, 1.54) is 0 Å². The standard InChI is InChI=1S/C15H13Cl2NO/c1-2-10-5-3-4-6-14(10)18-15(19)12-9-11(16)7-8-13(12)17/h3-9H,2H2,1H3,(H,18,19). The Kier molecular flexibility index (Phi) is 4.46. The SMILES string of the molecule is CCc1ccccc1NC(=O)c1cc(Cl)ccc1Cl. The fraction of sp³-hybridized carbons (Fsp3) is 0.133. The number of carbonyl (C=O) groups is 1. The van der Waals surface area contributed by atoms with E-state index in [1.54, 1.807) is 18.2 Å². The number of nitrogens with one attached hydrogen (secondary N) is 1. The van der Waals surface area contributed by atoms with Gasteiger partial charge in [0.05, 0.1) is 10.6 Å². The molecular formula is C15H13Cl2NO. The summed E-state index contributed by atoms with van der Waals surface area (Å²) in [7, 11) is 0. The van der Waals surface area contributed by atoms with Crippen LogP contribution in [0.25, 0.3) is 0 Å². The summed E-state index contributed by atoms with van der Waals surface area (Å²) >= 11 is 11.9. The summed E-state index contributed by atoms with van der Waals surface area (Å²) in [6, 6.07) is 12.5. The van der Waals surface area contributed by atoms with Crippen molar-refractivity contribution in [3.05, 3.63) is 63.6 Å². The highest BCUT2D eigenvalue weighted by molar-refractivity contribution is 6.36. The van der Waals surface area contributed by atoms with Crippen molar-refractivity contribution in [3.8, 4) is 0 Å². The van der Waals surface area contributed by atoms with Crippen molar-refractivity contribution in [3.63, 3.8) is 0 Å². The predicted octanol–water partition coefficient (Wildman–Crippen LogP) is 4.81. The normalized spacial score (nSPS) is 10.3. The smallest absolute Gasteiger partial charge is 0.257 e. The van der Waals surface area contributed by atoms with Gasteiger partial charge in [-0.05, 0) is 36.2 Å². The summed E-state index contributed by atoms with van der Waals surface area (Å²) in [5.41, 5.74) is 2.25. The Labute approximate surface area is 122 Å². The van der Waals surface area contributed by atoms with Gasteiger partial charge in [-0.25, -0.2) is 0 Å². The first-order valence-electron chi connectivity index (χ1n) is 5.96. The maximum absolute atomic E-state index is 12.2. The van der Waals surface area contributed by atoms with Crippen LogP contribution < -0.4 is 5.32 Å². The molecule has 0 saturated heterocycles. The molecule has 0 heterocycles. The Bertz CT molecular complexity index is 611. The van der Waals surface area contributed by atoms with Crippen LogP contribution in [-0.2, 0) is 6.42 Å². The fourth-order valence-electron chi connectivity index (χ4n) is 1.81. The minimum absolute atomic E-state index is 0.256. The number of anilines is 1. The van der Waals surface area contributed by atoms with Crippen LogP contribution in [0.15, 0.2) is 42.5 Å². The van der Waals surface area contributed by atoms with E-state index >= 15 is 0 Å². The largest absolute Gasteiger partial charge is 0.322 e. The lowest BCUT2D eigenvalue weighted by molar-refractivity contribution is 0.102. The first kappa shape index (κ1) is 13.9. The molecule has 0 atom stereocenters. The zero-order valence-corrected chi connectivity index (χ0v) is 11.9. The van der Waals surface area contributed by atoms with Crippen molar-refractivity contribution in [2.45, 2.75) is 13.3 Å². The zero-order chi connectivity index (χ0) is 13.8. The molecule has 2 aromatic carbocycles. The number of halogens is 2. The molecule has 4 heteroatoms. The van der Waals surface area contributed by atoms with Crippen LogP contribution in [0.4, 0.5) is 5.69 Å². The number of benzene rings is 2. The van der Waals surface area contributed by atoms with Gasteiger partial charge in [-0.1, -0.05) is 48.3 Å².